The van der Waals surface area contributed by atoms with Gasteiger partial charge in [-0.2, -0.15) is 0 Å². The van der Waals surface area contributed by atoms with E-state index in [9.17, 15) is 8.42 Å². The molecule has 136 valence electrons. The zero-order valence-electron chi connectivity index (χ0n) is 15.1. The number of rotatable bonds is 6. The fraction of sp³-hybridized carbons (Fsp3) is 0.250. The number of nitrogens with zero attached hydrogens (tertiary/aromatic N) is 2. The van der Waals surface area contributed by atoms with Crippen LogP contribution in [0, 0.1) is 0 Å². The Morgan fingerprint density at radius 2 is 1.54 bits per heavy atom. The first kappa shape index (κ1) is 18.4. The predicted molar refractivity (Wildman–Crippen MR) is 103 cm³/mol. The lowest BCUT2D eigenvalue weighted by Crippen LogP contribution is -2.26. The first-order valence-electron chi connectivity index (χ1n) is 8.57. The second kappa shape index (κ2) is 7.43. The van der Waals surface area contributed by atoms with Gasteiger partial charge in [-0.3, -0.25) is 0 Å². The second-order valence-corrected chi connectivity index (χ2v) is 8.34. The summed E-state index contributed by atoms with van der Waals surface area (Å²) in [6.45, 7) is 6.00. The Hall–Kier alpha value is -2.44. The van der Waals surface area contributed by atoms with Crippen LogP contribution in [0.3, 0.4) is 0 Å². The summed E-state index contributed by atoms with van der Waals surface area (Å²) in [4.78, 5) is 4.31. The summed E-state index contributed by atoms with van der Waals surface area (Å²) in [5, 5.41) is 0. The van der Waals surface area contributed by atoms with E-state index in [2.05, 4.69) is 23.6 Å². The third kappa shape index (κ3) is 4.03. The Labute approximate surface area is 154 Å². The van der Waals surface area contributed by atoms with E-state index in [-0.39, 0.29) is 10.9 Å². The molecule has 0 saturated heterocycles. The molecule has 1 aromatic heterocycles. The summed E-state index contributed by atoms with van der Waals surface area (Å²) < 4.78 is 29.9. The molecule has 2 aromatic carbocycles. The molecule has 0 radical (unpaired) electrons. The summed E-state index contributed by atoms with van der Waals surface area (Å²) in [6.07, 6.45) is 5.30. The summed E-state index contributed by atoms with van der Waals surface area (Å²) in [6, 6.07) is 14.4. The number of benzene rings is 2. The van der Waals surface area contributed by atoms with Gasteiger partial charge in [0.25, 0.3) is 0 Å². The molecule has 1 heterocycles. The largest absolute Gasteiger partial charge is 0.306 e. The van der Waals surface area contributed by atoms with Crippen LogP contribution in [-0.2, 0) is 10.0 Å². The van der Waals surface area contributed by atoms with E-state index >= 15 is 0 Å². The highest BCUT2D eigenvalue weighted by Gasteiger charge is 2.18. The molecule has 1 atom stereocenters. The molecule has 5 nitrogen and oxygen atoms in total. The van der Waals surface area contributed by atoms with Crippen LogP contribution in [0.5, 0.6) is 0 Å². The molecular weight excluding hydrogens is 346 g/mol. The van der Waals surface area contributed by atoms with E-state index in [1.165, 1.54) is 0 Å². The Bertz CT molecular complexity index is 945. The minimum Gasteiger partial charge on any atom is -0.306 e. The highest BCUT2D eigenvalue weighted by atomic mass is 32.2. The molecule has 0 unspecified atom stereocenters. The lowest BCUT2D eigenvalue weighted by molar-refractivity contribution is 0.567. The minimum atomic E-state index is -3.57. The maximum Gasteiger partial charge on any atom is 0.241 e. The van der Waals surface area contributed by atoms with E-state index in [0.717, 1.165) is 16.8 Å². The van der Waals surface area contributed by atoms with Crippen molar-refractivity contribution in [3.05, 3.63) is 78.4 Å². The third-order valence-corrected chi connectivity index (χ3v) is 5.94. The lowest BCUT2D eigenvalue weighted by Gasteiger charge is -2.16. The number of aromatic nitrogens is 2. The molecule has 0 spiro atoms. The van der Waals surface area contributed by atoms with E-state index in [1.54, 1.807) is 24.7 Å². The zero-order valence-corrected chi connectivity index (χ0v) is 15.9. The molecule has 0 saturated carbocycles. The van der Waals surface area contributed by atoms with Crippen molar-refractivity contribution in [3.63, 3.8) is 0 Å². The number of nitrogens with one attached hydrogen (secondary N) is 1. The Morgan fingerprint density at radius 1 is 0.923 bits per heavy atom. The van der Waals surface area contributed by atoms with Gasteiger partial charge in [0.1, 0.15) is 0 Å². The summed E-state index contributed by atoms with van der Waals surface area (Å²) in [5.41, 5.74) is 2.99. The molecule has 6 heteroatoms. The minimum absolute atomic E-state index is 0.281. The summed E-state index contributed by atoms with van der Waals surface area (Å²) in [5.74, 6) is 0.368. The van der Waals surface area contributed by atoms with Crippen LogP contribution >= 0.6 is 0 Å². The van der Waals surface area contributed by atoms with Crippen molar-refractivity contribution in [2.45, 2.75) is 37.6 Å². The predicted octanol–water partition coefficient (Wildman–Crippen LogP) is 4.04. The highest BCUT2D eigenvalue weighted by Crippen LogP contribution is 2.21. The molecule has 0 bridgehead atoms. The first-order valence-corrected chi connectivity index (χ1v) is 10.1. The van der Waals surface area contributed by atoms with Gasteiger partial charge in [0.2, 0.25) is 10.0 Å². The molecule has 3 rings (SSSR count). The fourth-order valence-corrected chi connectivity index (χ4v) is 3.98. The standard InChI is InChI=1S/C20H23N3O2S/c1-15(2)17-6-10-20(11-7-17)26(24,25)22-16(3)18-4-8-19(9-5-18)23-13-12-21-14-23/h4-16,22H,1-3H3/t16-/m0/s1. The van der Waals surface area contributed by atoms with Crippen LogP contribution in [0.25, 0.3) is 5.69 Å². The number of hydrogen-bond acceptors (Lipinski definition) is 3. The summed E-state index contributed by atoms with van der Waals surface area (Å²) in [7, 11) is -3.57. The van der Waals surface area contributed by atoms with Gasteiger partial charge in [-0.1, -0.05) is 38.1 Å². The van der Waals surface area contributed by atoms with Gasteiger partial charge in [-0.15, -0.1) is 0 Å². The smallest absolute Gasteiger partial charge is 0.241 e. The zero-order chi connectivity index (χ0) is 18.7. The number of hydrogen-bond donors (Lipinski definition) is 1. The van der Waals surface area contributed by atoms with Crippen molar-refractivity contribution in [3.8, 4) is 5.69 Å². The first-order chi connectivity index (χ1) is 12.4. The molecule has 0 amide bonds. The van der Waals surface area contributed by atoms with Crippen LogP contribution in [0.2, 0.25) is 0 Å². The molecule has 0 aliphatic carbocycles. The van der Waals surface area contributed by atoms with Crippen molar-refractivity contribution in [2.75, 3.05) is 0 Å². The quantitative estimate of drug-likeness (QED) is 0.713. The van der Waals surface area contributed by atoms with Gasteiger partial charge >= 0.3 is 0 Å². The van der Waals surface area contributed by atoms with Crippen molar-refractivity contribution < 1.29 is 8.42 Å². The van der Waals surface area contributed by atoms with E-state index in [0.29, 0.717) is 5.92 Å². The van der Waals surface area contributed by atoms with Crippen LogP contribution < -0.4 is 4.72 Å². The van der Waals surface area contributed by atoms with Crippen molar-refractivity contribution >= 4 is 10.0 Å². The normalized spacial score (nSPS) is 13.1. The highest BCUT2D eigenvalue weighted by molar-refractivity contribution is 7.89. The Kier molecular flexibility index (Phi) is 5.25. The molecule has 0 aliphatic rings. The fourth-order valence-electron chi connectivity index (χ4n) is 2.75. The van der Waals surface area contributed by atoms with Crippen molar-refractivity contribution in [1.29, 1.82) is 0 Å². The molecule has 1 N–H and O–H groups in total. The second-order valence-electron chi connectivity index (χ2n) is 6.63. The number of imidazole rings is 1. The van der Waals surface area contributed by atoms with Gasteiger partial charge in [-0.25, -0.2) is 18.1 Å². The number of sulfonamides is 1. The lowest BCUT2D eigenvalue weighted by atomic mass is 10.0. The monoisotopic (exact) mass is 369 g/mol. The molecule has 0 fully saturated rings. The van der Waals surface area contributed by atoms with E-state index in [1.807, 2.05) is 54.1 Å². The topological polar surface area (TPSA) is 64.0 Å². The summed E-state index contributed by atoms with van der Waals surface area (Å²) >= 11 is 0. The maximum atomic E-state index is 12.6. The molecule has 3 aromatic rings. The third-order valence-electron chi connectivity index (χ3n) is 4.38. The van der Waals surface area contributed by atoms with Crippen molar-refractivity contribution in [1.82, 2.24) is 14.3 Å². The van der Waals surface area contributed by atoms with Gasteiger partial charge in [0.15, 0.2) is 0 Å². The van der Waals surface area contributed by atoms with Gasteiger partial charge in [-0.05, 0) is 48.2 Å². The Morgan fingerprint density at radius 3 is 2.08 bits per heavy atom. The van der Waals surface area contributed by atoms with E-state index < -0.39 is 10.0 Å². The molecule has 26 heavy (non-hydrogen) atoms. The van der Waals surface area contributed by atoms with Gasteiger partial charge in [0, 0.05) is 24.1 Å². The van der Waals surface area contributed by atoms with Gasteiger partial charge in [0.05, 0.1) is 11.2 Å². The van der Waals surface area contributed by atoms with E-state index in [4.69, 9.17) is 0 Å². The van der Waals surface area contributed by atoms with Crippen LogP contribution in [-0.4, -0.2) is 18.0 Å². The maximum absolute atomic E-state index is 12.6. The van der Waals surface area contributed by atoms with Crippen LogP contribution in [0.15, 0.2) is 72.1 Å². The molecule has 0 aliphatic heterocycles. The van der Waals surface area contributed by atoms with Crippen molar-refractivity contribution in [2.24, 2.45) is 0 Å². The van der Waals surface area contributed by atoms with Crippen LogP contribution in [0.4, 0.5) is 0 Å². The van der Waals surface area contributed by atoms with Crippen LogP contribution in [0.1, 0.15) is 43.9 Å². The average molecular weight is 369 g/mol. The Balaban J connectivity index is 1.74. The SMILES string of the molecule is CC(C)c1ccc(S(=O)(=O)N[C@@H](C)c2ccc(-n3ccnc3)cc2)cc1. The molecular formula is C20H23N3O2S. The van der Waals surface area contributed by atoms with Gasteiger partial charge < -0.3 is 4.57 Å². The average Bonchev–Trinajstić information content (AvgIpc) is 3.16.